The van der Waals surface area contributed by atoms with Gasteiger partial charge in [-0.25, -0.2) is 4.79 Å². The minimum absolute atomic E-state index is 0.113. The molecule has 0 fully saturated rings. The van der Waals surface area contributed by atoms with E-state index < -0.39 is 12.1 Å². The van der Waals surface area contributed by atoms with E-state index in [9.17, 15) is 9.59 Å². The molecule has 2 aromatic rings. The lowest BCUT2D eigenvalue weighted by molar-refractivity contribution is -0.136. The largest absolute Gasteiger partial charge is 0.481 e. The highest BCUT2D eigenvalue weighted by molar-refractivity contribution is 6.31. The predicted octanol–water partition coefficient (Wildman–Crippen LogP) is 3.91. The highest BCUT2D eigenvalue weighted by atomic mass is 35.5. The second kappa shape index (κ2) is 9.49. The Labute approximate surface area is 150 Å². The van der Waals surface area contributed by atoms with Crippen LogP contribution in [0.15, 0.2) is 54.6 Å². The second-order valence-corrected chi connectivity index (χ2v) is 5.67. The third-order valence-corrected chi connectivity index (χ3v) is 3.66. The molecule has 0 unspecified atom stereocenters. The van der Waals surface area contributed by atoms with Gasteiger partial charge in [-0.3, -0.25) is 4.79 Å². The fourth-order valence-electron chi connectivity index (χ4n) is 2.08. The van der Waals surface area contributed by atoms with Gasteiger partial charge in [-0.05, 0) is 22.8 Å². The number of ether oxygens (including phenoxy) is 1. The Hall–Kier alpha value is -2.79. The summed E-state index contributed by atoms with van der Waals surface area (Å²) in [6.45, 7) is 0.527. The van der Waals surface area contributed by atoms with Gasteiger partial charge >= 0.3 is 12.1 Å². The van der Waals surface area contributed by atoms with Gasteiger partial charge in [0.25, 0.3) is 0 Å². The molecule has 2 rings (SSSR count). The van der Waals surface area contributed by atoms with Crippen molar-refractivity contribution in [3.8, 4) is 0 Å². The SMILES string of the molecule is O=C(O)Cc1ccc(C=CCNC(=O)OCc2ccccc2)cc1Cl. The molecule has 0 radical (unpaired) electrons. The maximum atomic E-state index is 11.6. The number of rotatable bonds is 7. The van der Waals surface area contributed by atoms with Gasteiger partial charge in [0.2, 0.25) is 0 Å². The molecule has 0 aliphatic rings. The zero-order valence-electron chi connectivity index (χ0n) is 13.4. The van der Waals surface area contributed by atoms with Crippen LogP contribution in [-0.4, -0.2) is 23.7 Å². The molecule has 130 valence electrons. The molecule has 0 spiro atoms. The molecule has 0 atom stereocenters. The van der Waals surface area contributed by atoms with Gasteiger partial charge in [0, 0.05) is 11.6 Å². The zero-order chi connectivity index (χ0) is 18.1. The standard InChI is InChI=1S/C19H18ClNO4/c20-17-11-14(8-9-16(17)12-18(22)23)7-4-10-21-19(24)25-13-15-5-2-1-3-6-15/h1-9,11H,10,12-13H2,(H,21,24)(H,22,23). The van der Waals surface area contributed by atoms with Gasteiger partial charge in [-0.15, -0.1) is 0 Å². The first-order valence-corrected chi connectivity index (χ1v) is 8.03. The highest BCUT2D eigenvalue weighted by Crippen LogP contribution is 2.19. The van der Waals surface area contributed by atoms with Crippen molar-refractivity contribution in [1.29, 1.82) is 0 Å². The Morgan fingerprint density at radius 1 is 1.16 bits per heavy atom. The van der Waals surface area contributed by atoms with Crippen molar-refractivity contribution in [1.82, 2.24) is 5.32 Å². The molecular formula is C19H18ClNO4. The molecule has 0 aliphatic heterocycles. The number of carboxylic acid groups (broad SMARTS) is 1. The van der Waals surface area contributed by atoms with E-state index in [1.54, 1.807) is 30.4 Å². The number of benzene rings is 2. The van der Waals surface area contributed by atoms with E-state index in [1.165, 1.54) is 0 Å². The maximum absolute atomic E-state index is 11.6. The molecule has 1 amide bonds. The number of carbonyl (C=O) groups excluding carboxylic acids is 1. The summed E-state index contributed by atoms with van der Waals surface area (Å²) in [7, 11) is 0. The summed E-state index contributed by atoms with van der Waals surface area (Å²) < 4.78 is 5.09. The van der Waals surface area contributed by atoms with E-state index in [0.29, 0.717) is 17.1 Å². The van der Waals surface area contributed by atoms with E-state index in [4.69, 9.17) is 21.4 Å². The van der Waals surface area contributed by atoms with E-state index in [2.05, 4.69) is 5.32 Å². The van der Waals surface area contributed by atoms with Gasteiger partial charge in [-0.2, -0.15) is 0 Å². The normalized spacial score (nSPS) is 10.6. The van der Waals surface area contributed by atoms with Crippen LogP contribution in [0.25, 0.3) is 6.08 Å². The second-order valence-electron chi connectivity index (χ2n) is 5.27. The van der Waals surface area contributed by atoms with E-state index in [-0.39, 0.29) is 13.0 Å². The fourth-order valence-corrected chi connectivity index (χ4v) is 2.34. The number of hydrogen-bond acceptors (Lipinski definition) is 3. The van der Waals surface area contributed by atoms with Crippen LogP contribution in [0, 0.1) is 0 Å². The molecule has 5 nitrogen and oxygen atoms in total. The van der Waals surface area contributed by atoms with Crippen molar-refractivity contribution >= 4 is 29.7 Å². The summed E-state index contributed by atoms with van der Waals surface area (Å²) in [4.78, 5) is 22.3. The van der Waals surface area contributed by atoms with E-state index in [1.807, 2.05) is 30.3 Å². The first-order chi connectivity index (χ1) is 12.0. The number of alkyl carbamates (subject to hydrolysis) is 1. The minimum atomic E-state index is -0.927. The Bertz CT molecular complexity index is 759. The summed E-state index contributed by atoms with van der Waals surface area (Å²) >= 11 is 6.05. The van der Waals surface area contributed by atoms with Crippen molar-refractivity contribution in [2.24, 2.45) is 0 Å². The zero-order valence-corrected chi connectivity index (χ0v) is 14.2. The third kappa shape index (κ3) is 6.69. The van der Waals surface area contributed by atoms with E-state index in [0.717, 1.165) is 11.1 Å². The van der Waals surface area contributed by atoms with Gasteiger partial charge in [0.05, 0.1) is 6.42 Å². The minimum Gasteiger partial charge on any atom is -0.481 e. The summed E-state index contributed by atoms with van der Waals surface area (Å²) in [6.07, 6.45) is 2.93. The molecule has 0 saturated carbocycles. The maximum Gasteiger partial charge on any atom is 0.407 e. The van der Waals surface area contributed by atoms with Crippen molar-refractivity contribution in [2.75, 3.05) is 6.54 Å². The molecule has 0 aromatic heterocycles. The first-order valence-electron chi connectivity index (χ1n) is 7.66. The van der Waals surface area contributed by atoms with Crippen LogP contribution in [0.5, 0.6) is 0 Å². The third-order valence-electron chi connectivity index (χ3n) is 3.31. The van der Waals surface area contributed by atoms with Crippen molar-refractivity contribution < 1.29 is 19.4 Å². The molecule has 0 saturated heterocycles. The molecule has 2 N–H and O–H groups in total. The Balaban J connectivity index is 1.76. The van der Waals surface area contributed by atoms with Crippen molar-refractivity contribution in [3.63, 3.8) is 0 Å². The fraction of sp³-hybridized carbons (Fsp3) is 0.158. The van der Waals surface area contributed by atoms with Gasteiger partial charge in [0.1, 0.15) is 6.61 Å². The molecule has 0 aliphatic carbocycles. The van der Waals surface area contributed by atoms with Crippen LogP contribution in [0.4, 0.5) is 4.79 Å². The van der Waals surface area contributed by atoms with Crippen LogP contribution in [0.2, 0.25) is 5.02 Å². The molecular weight excluding hydrogens is 342 g/mol. The van der Waals surface area contributed by atoms with Crippen LogP contribution >= 0.6 is 11.6 Å². The van der Waals surface area contributed by atoms with Crippen molar-refractivity contribution in [2.45, 2.75) is 13.0 Å². The number of hydrogen-bond donors (Lipinski definition) is 2. The lowest BCUT2D eigenvalue weighted by atomic mass is 10.1. The monoisotopic (exact) mass is 359 g/mol. The van der Waals surface area contributed by atoms with Gasteiger partial charge in [0.15, 0.2) is 0 Å². The van der Waals surface area contributed by atoms with Gasteiger partial charge < -0.3 is 15.2 Å². The summed E-state index contributed by atoms with van der Waals surface area (Å²) in [6, 6.07) is 14.6. The van der Waals surface area contributed by atoms with Crippen molar-refractivity contribution in [3.05, 3.63) is 76.3 Å². The summed E-state index contributed by atoms with van der Waals surface area (Å²) in [5, 5.41) is 11.8. The Morgan fingerprint density at radius 2 is 1.92 bits per heavy atom. The van der Waals surface area contributed by atoms with Crippen LogP contribution in [-0.2, 0) is 22.6 Å². The summed E-state index contributed by atoms with van der Waals surface area (Å²) in [5.74, 6) is -0.927. The predicted molar refractivity (Wildman–Crippen MR) is 96.5 cm³/mol. The number of amides is 1. The average Bonchev–Trinajstić information content (AvgIpc) is 2.60. The number of halogens is 1. The molecule has 25 heavy (non-hydrogen) atoms. The number of carbonyl (C=O) groups is 2. The average molecular weight is 360 g/mol. The molecule has 2 aromatic carbocycles. The number of aliphatic carboxylic acids is 1. The quantitative estimate of drug-likeness (QED) is 0.786. The van der Waals surface area contributed by atoms with Gasteiger partial charge in [-0.1, -0.05) is 66.2 Å². The number of carboxylic acids is 1. The van der Waals surface area contributed by atoms with Crippen LogP contribution in [0.3, 0.4) is 0 Å². The Morgan fingerprint density at radius 3 is 2.60 bits per heavy atom. The molecule has 0 bridgehead atoms. The summed E-state index contributed by atoms with van der Waals surface area (Å²) in [5.41, 5.74) is 2.30. The Kier molecular flexibility index (Phi) is 7.04. The molecule has 0 heterocycles. The number of nitrogens with one attached hydrogen (secondary N) is 1. The first kappa shape index (κ1) is 18.5. The lowest BCUT2D eigenvalue weighted by Crippen LogP contribution is -2.24. The lowest BCUT2D eigenvalue weighted by Gasteiger charge is -2.05. The van der Waals surface area contributed by atoms with E-state index >= 15 is 0 Å². The molecule has 6 heteroatoms. The van der Waals surface area contributed by atoms with Crippen LogP contribution in [0.1, 0.15) is 16.7 Å². The smallest absolute Gasteiger partial charge is 0.407 e. The van der Waals surface area contributed by atoms with Crippen LogP contribution < -0.4 is 5.32 Å². The topological polar surface area (TPSA) is 75.6 Å². The highest BCUT2D eigenvalue weighted by Gasteiger charge is 2.05.